The first-order valence-corrected chi connectivity index (χ1v) is 9.82. The topological polar surface area (TPSA) is 30.2 Å². The summed E-state index contributed by atoms with van der Waals surface area (Å²) in [7, 11) is 0. The third-order valence-electron chi connectivity index (χ3n) is 4.77. The van der Waals surface area contributed by atoms with Crippen LogP contribution in [0.5, 0.6) is 0 Å². The van der Waals surface area contributed by atoms with E-state index in [2.05, 4.69) is 80.2 Å². The van der Waals surface area contributed by atoms with Crippen molar-refractivity contribution in [2.45, 2.75) is 19.8 Å². The highest BCUT2D eigenvalue weighted by atomic mass is 15.3. The van der Waals surface area contributed by atoms with Crippen LogP contribution in [-0.2, 0) is 0 Å². The number of aromatic nitrogens is 2. The maximum atomic E-state index is 4.90. The van der Waals surface area contributed by atoms with Gasteiger partial charge in [0.25, 0.3) is 0 Å². The molecule has 1 aromatic heterocycles. The Balaban J connectivity index is 1.71. The Bertz CT molecular complexity index is 918. The number of para-hydroxylation sites is 1. The van der Waals surface area contributed by atoms with Crippen LogP contribution in [-0.4, -0.2) is 22.5 Å². The van der Waals surface area contributed by atoms with Crippen molar-refractivity contribution < 1.29 is 0 Å². The molecular formula is C25H24N3. The molecule has 2 aromatic carbocycles. The van der Waals surface area contributed by atoms with Crippen molar-refractivity contribution in [3.63, 3.8) is 0 Å². The highest BCUT2D eigenvalue weighted by Crippen LogP contribution is 2.32. The van der Waals surface area contributed by atoms with Crippen molar-refractivity contribution in [1.29, 1.82) is 0 Å². The first-order chi connectivity index (χ1) is 13.8. The van der Waals surface area contributed by atoms with E-state index in [0.717, 1.165) is 41.9 Å². The number of hydrogen-bond donors (Lipinski definition) is 0. The van der Waals surface area contributed by atoms with Gasteiger partial charge in [-0.2, -0.15) is 5.10 Å². The van der Waals surface area contributed by atoms with Crippen LogP contribution in [0.15, 0.2) is 65.8 Å². The Kier molecular flexibility index (Phi) is 6.01. The molecule has 1 fully saturated rings. The Hall–Kier alpha value is -2.68. The van der Waals surface area contributed by atoms with Crippen LogP contribution in [0.3, 0.4) is 0 Å². The van der Waals surface area contributed by atoms with Crippen molar-refractivity contribution >= 4 is 6.21 Å². The minimum Gasteiger partial charge on any atom is -0.292 e. The zero-order valence-corrected chi connectivity index (χ0v) is 16.1. The number of benzene rings is 2. The van der Waals surface area contributed by atoms with Gasteiger partial charge in [0.1, 0.15) is 5.69 Å². The average Bonchev–Trinajstić information content (AvgIpc) is 3.42. The molecule has 3 nitrogen and oxygen atoms in total. The molecule has 3 heteroatoms. The molecule has 4 rings (SSSR count). The smallest absolute Gasteiger partial charge is 0.101 e. The van der Waals surface area contributed by atoms with Gasteiger partial charge in [-0.25, -0.2) is 4.68 Å². The zero-order valence-electron chi connectivity index (χ0n) is 16.1. The van der Waals surface area contributed by atoms with E-state index in [-0.39, 0.29) is 0 Å². The molecule has 0 saturated heterocycles. The summed E-state index contributed by atoms with van der Waals surface area (Å²) in [5.41, 5.74) is 5.34. The summed E-state index contributed by atoms with van der Waals surface area (Å²) in [5, 5.41) is 4.90. The summed E-state index contributed by atoms with van der Waals surface area (Å²) >= 11 is 0. The molecule has 0 N–H and O–H groups in total. The molecule has 1 aliphatic rings. The van der Waals surface area contributed by atoms with Crippen LogP contribution in [0.4, 0.5) is 0 Å². The second kappa shape index (κ2) is 9.01. The van der Waals surface area contributed by atoms with E-state index < -0.39 is 0 Å². The summed E-state index contributed by atoms with van der Waals surface area (Å²) < 4.78 is 1.94. The first-order valence-electron chi connectivity index (χ1n) is 9.82. The third-order valence-corrected chi connectivity index (χ3v) is 4.77. The molecule has 0 amide bonds. The zero-order chi connectivity index (χ0) is 19.2. The minimum absolute atomic E-state index is 0.847. The van der Waals surface area contributed by atoms with Gasteiger partial charge >= 0.3 is 0 Å². The normalized spacial score (nSPS) is 14.9. The Morgan fingerprint density at radius 2 is 1.75 bits per heavy atom. The molecular weight excluding hydrogens is 342 g/mol. The van der Waals surface area contributed by atoms with Gasteiger partial charge in [-0.3, -0.25) is 4.99 Å². The predicted molar refractivity (Wildman–Crippen MR) is 116 cm³/mol. The average molecular weight is 366 g/mol. The van der Waals surface area contributed by atoms with Gasteiger partial charge in [-0.05, 0) is 55.9 Å². The van der Waals surface area contributed by atoms with Gasteiger partial charge in [-0.15, -0.1) is 0 Å². The number of hydrogen-bond acceptors (Lipinski definition) is 2. The second-order valence-electron chi connectivity index (χ2n) is 6.86. The molecule has 0 atom stereocenters. The number of unbranched alkanes of at least 4 members (excludes halogenated alkanes) is 1. The van der Waals surface area contributed by atoms with Gasteiger partial charge in [0.2, 0.25) is 0 Å². The molecule has 139 valence electrons. The lowest BCUT2D eigenvalue weighted by molar-refractivity contribution is 0.810. The van der Waals surface area contributed by atoms with E-state index in [4.69, 9.17) is 5.10 Å². The summed E-state index contributed by atoms with van der Waals surface area (Å²) in [6.07, 6.45) is 14.7. The Morgan fingerprint density at radius 1 is 0.964 bits per heavy atom. The second-order valence-corrected chi connectivity index (χ2v) is 6.86. The van der Waals surface area contributed by atoms with Crippen molar-refractivity contribution in [3.05, 3.63) is 104 Å². The van der Waals surface area contributed by atoms with Crippen LogP contribution in [0.25, 0.3) is 16.9 Å². The Morgan fingerprint density at radius 3 is 2.54 bits per heavy atom. The molecule has 5 radical (unpaired) electrons. The highest BCUT2D eigenvalue weighted by molar-refractivity contribution is 5.89. The van der Waals surface area contributed by atoms with Crippen LogP contribution in [0, 0.1) is 31.6 Å². The van der Waals surface area contributed by atoms with Crippen molar-refractivity contribution in [2.24, 2.45) is 4.99 Å². The summed E-state index contributed by atoms with van der Waals surface area (Å²) in [6.45, 7) is 3.03. The first kappa shape index (κ1) is 18.7. The van der Waals surface area contributed by atoms with Crippen molar-refractivity contribution in [3.8, 4) is 16.9 Å². The van der Waals surface area contributed by atoms with Crippen LogP contribution >= 0.6 is 0 Å². The third kappa shape index (κ3) is 4.24. The van der Waals surface area contributed by atoms with E-state index in [1.54, 1.807) is 0 Å². The van der Waals surface area contributed by atoms with Gasteiger partial charge < -0.3 is 0 Å². The SMILES string of the molecule is CCCCN=Cc1cn(-c2ccccc2)nc1-c1cccc([C]2[CH][CH][CH][CH]2)c1. The van der Waals surface area contributed by atoms with E-state index in [9.17, 15) is 0 Å². The maximum Gasteiger partial charge on any atom is 0.101 e. The quantitative estimate of drug-likeness (QED) is 0.400. The molecule has 0 unspecified atom stereocenters. The molecule has 1 aliphatic carbocycles. The Labute approximate surface area is 168 Å². The summed E-state index contributed by atoms with van der Waals surface area (Å²) in [5.74, 6) is 1.22. The highest BCUT2D eigenvalue weighted by Gasteiger charge is 2.20. The number of aliphatic imine (C=N–C) groups is 1. The van der Waals surface area contributed by atoms with Gasteiger partial charge in [-0.1, -0.05) is 49.7 Å². The van der Waals surface area contributed by atoms with Crippen LogP contribution in [0.2, 0.25) is 0 Å². The molecule has 28 heavy (non-hydrogen) atoms. The lowest BCUT2D eigenvalue weighted by Gasteiger charge is -2.09. The lowest BCUT2D eigenvalue weighted by atomic mass is 9.95. The van der Waals surface area contributed by atoms with Crippen molar-refractivity contribution in [2.75, 3.05) is 6.54 Å². The standard InChI is InChI=1S/C25H24N3/c1-2-3-16-26-18-23-19-28(24-14-5-4-6-15-24)27-25(23)22-13-9-12-21(17-22)20-10-7-8-11-20/h4-15,17-19H,2-3,16H2,1H3. The van der Waals surface area contributed by atoms with Gasteiger partial charge in [0, 0.05) is 36.0 Å². The fourth-order valence-corrected chi connectivity index (χ4v) is 3.24. The van der Waals surface area contributed by atoms with E-state index in [0.29, 0.717) is 0 Å². The summed E-state index contributed by atoms with van der Waals surface area (Å²) in [4.78, 5) is 4.62. The largest absolute Gasteiger partial charge is 0.292 e. The fourth-order valence-electron chi connectivity index (χ4n) is 3.24. The molecule has 0 spiro atoms. The van der Waals surface area contributed by atoms with Crippen LogP contribution < -0.4 is 0 Å². The fraction of sp³-hybridized carbons (Fsp3) is 0.160. The molecule has 1 heterocycles. The monoisotopic (exact) mass is 366 g/mol. The molecule has 0 aliphatic heterocycles. The van der Waals surface area contributed by atoms with Gasteiger partial charge in [0.15, 0.2) is 0 Å². The number of nitrogens with zero attached hydrogens (tertiary/aromatic N) is 3. The predicted octanol–water partition coefficient (Wildman–Crippen LogP) is 5.51. The van der Waals surface area contributed by atoms with Crippen LogP contribution in [0.1, 0.15) is 30.9 Å². The molecule has 0 bridgehead atoms. The lowest BCUT2D eigenvalue weighted by Crippen LogP contribution is -1.96. The maximum absolute atomic E-state index is 4.90. The van der Waals surface area contributed by atoms with E-state index >= 15 is 0 Å². The molecule has 3 aromatic rings. The molecule has 1 saturated carbocycles. The van der Waals surface area contributed by atoms with E-state index in [1.807, 2.05) is 29.1 Å². The number of rotatable bonds is 7. The van der Waals surface area contributed by atoms with E-state index in [1.165, 1.54) is 11.5 Å². The van der Waals surface area contributed by atoms with Gasteiger partial charge in [0.05, 0.1) is 5.69 Å². The summed E-state index contributed by atoms with van der Waals surface area (Å²) in [6, 6.07) is 18.8. The van der Waals surface area contributed by atoms with Crippen molar-refractivity contribution in [1.82, 2.24) is 9.78 Å². The minimum atomic E-state index is 0.847.